The first kappa shape index (κ1) is 13.5. The van der Waals surface area contributed by atoms with Crippen molar-refractivity contribution in [2.75, 3.05) is 0 Å². The van der Waals surface area contributed by atoms with E-state index in [2.05, 4.69) is 53.6 Å². The summed E-state index contributed by atoms with van der Waals surface area (Å²) in [4.78, 5) is 1.25. The summed E-state index contributed by atoms with van der Waals surface area (Å²) in [7, 11) is 0. The van der Waals surface area contributed by atoms with Gasteiger partial charge in [0.15, 0.2) is 4.34 Å². The monoisotopic (exact) mass is 279 g/mol. The molecule has 18 heavy (non-hydrogen) atoms. The minimum absolute atomic E-state index is 0.492. The summed E-state index contributed by atoms with van der Waals surface area (Å²) in [6.45, 7) is 7.18. The van der Waals surface area contributed by atoms with Crippen LogP contribution < -0.4 is 5.32 Å². The lowest BCUT2D eigenvalue weighted by Crippen LogP contribution is -2.22. The molecule has 0 aliphatic rings. The van der Waals surface area contributed by atoms with E-state index < -0.39 is 0 Å². The Balaban J connectivity index is 2.11. The van der Waals surface area contributed by atoms with Crippen LogP contribution in [0.3, 0.4) is 0 Å². The van der Waals surface area contributed by atoms with Gasteiger partial charge >= 0.3 is 0 Å². The number of rotatable bonds is 5. The van der Waals surface area contributed by atoms with Crippen LogP contribution in [-0.4, -0.2) is 16.2 Å². The second-order valence-corrected chi connectivity index (χ2v) is 6.80. The third-order valence-corrected chi connectivity index (χ3v) is 4.39. The van der Waals surface area contributed by atoms with Crippen molar-refractivity contribution in [1.29, 1.82) is 0 Å². The van der Waals surface area contributed by atoms with Crippen molar-refractivity contribution in [3.63, 3.8) is 0 Å². The molecule has 0 saturated heterocycles. The molecule has 5 heteroatoms. The predicted molar refractivity (Wildman–Crippen MR) is 77.2 cm³/mol. The Bertz CT molecular complexity index is 508. The van der Waals surface area contributed by atoms with Crippen molar-refractivity contribution in [3.05, 3.63) is 34.8 Å². The summed E-state index contributed by atoms with van der Waals surface area (Å²) in [6, 6.07) is 8.93. The molecule has 1 N–H and O–H groups in total. The summed E-state index contributed by atoms with van der Waals surface area (Å²) in [5, 5.41) is 12.7. The van der Waals surface area contributed by atoms with Crippen molar-refractivity contribution < 1.29 is 0 Å². The highest BCUT2D eigenvalue weighted by Gasteiger charge is 2.07. The Morgan fingerprint density at radius 1 is 1.28 bits per heavy atom. The van der Waals surface area contributed by atoms with E-state index in [-0.39, 0.29) is 0 Å². The van der Waals surface area contributed by atoms with Gasteiger partial charge in [-0.15, -0.1) is 10.2 Å². The van der Waals surface area contributed by atoms with Gasteiger partial charge in [0, 0.05) is 17.5 Å². The van der Waals surface area contributed by atoms with Crippen LogP contribution in [0, 0.1) is 6.92 Å². The fourth-order valence-corrected chi connectivity index (χ4v) is 3.38. The highest BCUT2D eigenvalue weighted by molar-refractivity contribution is 8.01. The molecule has 0 fully saturated rings. The SMILES string of the molecule is Cc1nnc(Sc2ccccc2CNC(C)C)s1. The first-order valence-electron chi connectivity index (χ1n) is 5.94. The average molecular weight is 279 g/mol. The number of nitrogens with one attached hydrogen (secondary N) is 1. The molecule has 2 aromatic rings. The number of aromatic nitrogens is 2. The lowest BCUT2D eigenvalue weighted by atomic mass is 10.2. The molecule has 0 aliphatic heterocycles. The van der Waals surface area contributed by atoms with Crippen LogP contribution in [0.15, 0.2) is 33.5 Å². The van der Waals surface area contributed by atoms with Gasteiger partial charge in [-0.2, -0.15) is 0 Å². The van der Waals surface area contributed by atoms with E-state index in [0.717, 1.165) is 15.9 Å². The molecule has 0 atom stereocenters. The number of aryl methyl sites for hydroxylation is 1. The largest absolute Gasteiger partial charge is 0.310 e. The van der Waals surface area contributed by atoms with Crippen molar-refractivity contribution >= 4 is 23.1 Å². The maximum atomic E-state index is 4.16. The topological polar surface area (TPSA) is 37.8 Å². The van der Waals surface area contributed by atoms with Gasteiger partial charge in [-0.3, -0.25) is 0 Å². The molecule has 0 spiro atoms. The molecule has 1 aromatic heterocycles. The van der Waals surface area contributed by atoms with E-state index in [1.165, 1.54) is 10.5 Å². The van der Waals surface area contributed by atoms with E-state index in [1.807, 2.05) is 6.92 Å². The number of hydrogen-bond acceptors (Lipinski definition) is 5. The van der Waals surface area contributed by atoms with Crippen molar-refractivity contribution in [1.82, 2.24) is 15.5 Å². The lowest BCUT2D eigenvalue weighted by molar-refractivity contribution is 0.585. The van der Waals surface area contributed by atoms with Crippen molar-refractivity contribution in [3.8, 4) is 0 Å². The number of hydrogen-bond donors (Lipinski definition) is 1. The molecule has 3 nitrogen and oxygen atoms in total. The molecule has 0 radical (unpaired) electrons. The zero-order chi connectivity index (χ0) is 13.0. The fourth-order valence-electron chi connectivity index (χ4n) is 1.48. The molecule has 1 aromatic carbocycles. The maximum absolute atomic E-state index is 4.16. The molecular weight excluding hydrogens is 262 g/mol. The van der Waals surface area contributed by atoms with E-state index in [1.54, 1.807) is 23.1 Å². The fraction of sp³-hybridized carbons (Fsp3) is 0.385. The van der Waals surface area contributed by atoms with Gasteiger partial charge in [0.25, 0.3) is 0 Å². The second-order valence-electron chi connectivity index (χ2n) is 4.33. The Labute approximate surface area is 116 Å². The van der Waals surface area contributed by atoms with Crippen molar-refractivity contribution in [2.45, 2.75) is 42.6 Å². The van der Waals surface area contributed by atoms with Gasteiger partial charge < -0.3 is 5.32 Å². The van der Waals surface area contributed by atoms with Gasteiger partial charge in [-0.25, -0.2) is 0 Å². The molecule has 0 unspecified atom stereocenters. The quantitative estimate of drug-likeness (QED) is 0.909. The molecular formula is C13H17N3S2. The minimum Gasteiger partial charge on any atom is -0.310 e. The van der Waals surface area contributed by atoms with Gasteiger partial charge in [-0.1, -0.05) is 55.1 Å². The van der Waals surface area contributed by atoms with Crippen LogP contribution in [0.2, 0.25) is 0 Å². The third-order valence-electron chi connectivity index (χ3n) is 2.38. The highest BCUT2D eigenvalue weighted by Crippen LogP contribution is 2.32. The molecule has 0 aliphatic carbocycles. The summed E-state index contributed by atoms with van der Waals surface area (Å²) in [5.74, 6) is 0. The standard InChI is InChI=1S/C13H17N3S2/c1-9(2)14-8-11-6-4-5-7-12(11)18-13-16-15-10(3)17-13/h4-7,9,14H,8H2,1-3H3. The van der Waals surface area contributed by atoms with Crippen LogP contribution in [-0.2, 0) is 6.54 Å². The van der Waals surface area contributed by atoms with Gasteiger partial charge in [-0.05, 0) is 18.6 Å². The summed E-state index contributed by atoms with van der Waals surface area (Å²) in [6.07, 6.45) is 0. The van der Waals surface area contributed by atoms with Crippen LogP contribution in [0.25, 0.3) is 0 Å². The molecule has 1 heterocycles. The number of benzene rings is 1. The van der Waals surface area contributed by atoms with Gasteiger partial charge in [0.2, 0.25) is 0 Å². The number of nitrogens with zero attached hydrogens (tertiary/aromatic N) is 2. The minimum atomic E-state index is 0.492. The van der Waals surface area contributed by atoms with Crippen LogP contribution in [0.4, 0.5) is 0 Å². The van der Waals surface area contributed by atoms with Crippen LogP contribution in [0.1, 0.15) is 24.4 Å². The first-order chi connectivity index (χ1) is 8.65. The predicted octanol–water partition coefficient (Wildman–Crippen LogP) is 3.50. The first-order valence-corrected chi connectivity index (χ1v) is 7.57. The molecule has 0 saturated carbocycles. The summed E-state index contributed by atoms with van der Waals surface area (Å²) >= 11 is 3.33. The summed E-state index contributed by atoms with van der Waals surface area (Å²) < 4.78 is 1.00. The van der Waals surface area contributed by atoms with Crippen LogP contribution >= 0.6 is 23.1 Å². The van der Waals surface area contributed by atoms with Gasteiger partial charge in [0.1, 0.15) is 5.01 Å². The Hall–Kier alpha value is -0.910. The lowest BCUT2D eigenvalue weighted by Gasteiger charge is -2.11. The summed E-state index contributed by atoms with van der Waals surface area (Å²) in [5.41, 5.74) is 1.31. The second kappa shape index (κ2) is 6.31. The third kappa shape index (κ3) is 3.80. The van der Waals surface area contributed by atoms with E-state index in [0.29, 0.717) is 6.04 Å². The Morgan fingerprint density at radius 2 is 2.06 bits per heavy atom. The molecule has 96 valence electrons. The maximum Gasteiger partial charge on any atom is 0.179 e. The molecule has 2 rings (SSSR count). The zero-order valence-corrected chi connectivity index (χ0v) is 12.4. The van der Waals surface area contributed by atoms with Crippen LogP contribution in [0.5, 0.6) is 0 Å². The smallest absolute Gasteiger partial charge is 0.179 e. The zero-order valence-electron chi connectivity index (χ0n) is 10.8. The highest BCUT2D eigenvalue weighted by atomic mass is 32.2. The van der Waals surface area contributed by atoms with E-state index in [9.17, 15) is 0 Å². The normalized spacial score (nSPS) is 11.1. The van der Waals surface area contributed by atoms with Crippen molar-refractivity contribution in [2.24, 2.45) is 0 Å². The Kier molecular flexibility index (Phi) is 4.74. The molecule has 0 bridgehead atoms. The Morgan fingerprint density at radius 3 is 2.72 bits per heavy atom. The van der Waals surface area contributed by atoms with E-state index in [4.69, 9.17) is 0 Å². The average Bonchev–Trinajstić information content (AvgIpc) is 2.73. The molecule has 0 amide bonds. The van der Waals surface area contributed by atoms with Gasteiger partial charge in [0.05, 0.1) is 0 Å². The van der Waals surface area contributed by atoms with E-state index >= 15 is 0 Å².